The molecule has 5 heteroatoms. The predicted octanol–water partition coefficient (Wildman–Crippen LogP) is 3.41. The number of nitrogens with one attached hydrogen (secondary N) is 1. The summed E-state index contributed by atoms with van der Waals surface area (Å²) in [5.41, 5.74) is 12.4. The lowest BCUT2D eigenvalue weighted by atomic mass is 10.1. The van der Waals surface area contributed by atoms with E-state index >= 15 is 0 Å². The highest BCUT2D eigenvalue weighted by atomic mass is 16.2. The molecule has 1 fully saturated rings. The van der Waals surface area contributed by atoms with Crippen molar-refractivity contribution in [2.75, 3.05) is 23.7 Å². The molecule has 0 spiro atoms. The minimum atomic E-state index is -0.246. The van der Waals surface area contributed by atoms with Crippen LogP contribution in [0.3, 0.4) is 0 Å². The Bertz CT molecular complexity index is 744. The molecular formula is C20H24N4O. The van der Waals surface area contributed by atoms with Gasteiger partial charge in [0.2, 0.25) is 0 Å². The fraction of sp³-hybridized carbons (Fsp3) is 0.300. The Labute approximate surface area is 148 Å². The number of amides is 1. The van der Waals surface area contributed by atoms with Gasteiger partial charge in [-0.15, -0.1) is 0 Å². The highest BCUT2D eigenvalue weighted by molar-refractivity contribution is 6.01. The molecule has 0 bridgehead atoms. The van der Waals surface area contributed by atoms with Gasteiger partial charge in [0, 0.05) is 30.0 Å². The number of nitrogens with two attached hydrogens (primary N) is 1. The van der Waals surface area contributed by atoms with Gasteiger partial charge in [-0.3, -0.25) is 4.79 Å². The number of piperidine rings is 1. The number of carbonyl (C=O) groups excluding carboxylic acids is 1. The summed E-state index contributed by atoms with van der Waals surface area (Å²) in [6.07, 6.45) is 3.85. The lowest BCUT2D eigenvalue weighted by Gasteiger charge is -2.28. The van der Waals surface area contributed by atoms with Crippen LogP contribution in [0.2, 0.25) is 0 Å². The van der Waals surface area contributed by atoms with Gasteiger partial charge < -0.3 is 10.6 Å². The number of hydrogen-bond acceptors (Lipinski definition) is 4. The summed E-state index contributed by atoms with van der Waals surface area (Å²) in [6.45, 7) is 4.15. The Kier molecular flexibility index (Phi) is 5.33. The molecule has 130 valence electrons. The molecule has 3 N–H and O–H groups in total. The van der Waals surface area contributed by atoms with Crippen LogP contribution in [-0.4, -0.2) is 24.7 Å². The number of anilines is 2. The summed E-state index contributed by atoms with van der Waals surface area (Å²) in [5.74, 6) is -0.246. The maximum Gasteiger partial charge on any atom is 0.271 e. The second-order valence-electron chi connectivity index (χ2n) is 6.35. The molecule has 1 saturated heterocycles. The molecule has 1 heterocycles. The second kappa shape index (κ2) is 7.83. The second-order valence-corrected chi connectivity index (χ2v) is 6.35. The van der Waals surface area contributed by atoms with Crippen molar-refractivity contribution < 1.29 is 4.79 Å². The fourth-order valence-electron chi connectivity index (χ4n) is 2.96. The van der Waals surface area contributed by atoms with E-state index in [0.717, 1.165) is 24.4 Å². The van der Waals surface area contributed by atoms with Crippen molar-refractivity contribution in [3.05, 3.63) is 59.7 Å². The summed E-state index contributed by atoms with van der Waals surface area (Å²) < 4.78 is 0. The van der Waals surface area contributed by atoms with E-state index in [-0.39, 0.29) is 5.91 Å². The van der Waals surface area contributed by atoms with Crippen LogP contribution in [0.1, 0.15) is 42.1 Å². The van der Waals surface area contributed by atoms with Crippen molar-refractivity contribution in [2.45, 2.75) is 26.2 Å². The summed E-state index contributed by atoms with van der Waals surface area (Å²) in [7, 11) is 0. The zero-order valence-corrected chi connectivity index (χ0v) is 14.5. The Morgan fingerprint density at radius 1 is 0.960 bits per heavy atom. The maximum absolute atomic E-state index is 12.1. The SMILES string of the molecule is C/C(=N/NC(=O)c1ccc(N)cc1)c1ccc(N2CCCCC2)cc1. The average Bonchev–Trinajstić information content (AvgIpc) is 2.67. The van der Waals surface area contributed by atoms with Crippen LogP contribution < -0.4 is 16.1 Å². The highest BCUT2D eigenvalue weighted by Gasteiger charge is 2.11. The third-order valence-electron chi connectivity index (χ3n) is 4.50. The largest absolute Gasteiger partial charge is 0.399 e. The van der Waals surface area contributed by atoms with E-state index in [2.05, 4.69) is 39.7 Å². The first-order valence-corrected chi connectivity index (χ1v) is 8.69. The standard InChI is InChI=1S/C20H24N4O/c1-15(22-23-20(25)17-5-9-18(21)10-6-17)16-7-11-19(12-8-16)24-13-3-2-4-14-24/h5-12H,2-4,13-14,21H2,1H3,(H,23,25)/b22-15-. The minimum absolute atomic E-state index is 0.246. The van der Waals surface area contributed by atoms with Gasteiger partial charge in [0.25, 0.3) is 5.91 Å². The van der Waals surface area contributed by atoms with E-state index < -0.39 is 0 Å². The van der Waals surface area contributed by atoms with Gasteiger partial charge >= 0.3 is 0 Å². The molecule has 0 radical (unpaired) electrons. The number of nitrogens with zero attached hydrogens (tertiary/aromatic N) is 2. The molecule has 2 aromatic rings. The van der Waals surface area contributed by atoms with E-state index in [0.29, 0.717) is 11.3 Å². The van der Waals surface area contributed by atoms with Crippen LogP contribution in [0.4, 0.5) is 11.4 Å². The van der Waals surface area contributed by atoms with Crippen molar-refractivity contribution in [3.8, 4) is 0 Å². The molecule has 0 aromatic heterocycles. The lowest BCUT2D eigenvalue weighted by Crippen LogP contribution is -2.29. The molecule has 2 aromatic carbocycles. The minimum Gasteiger partial charge on any atom is -0.399 e. The lowest BCUT2D eigenvalue weighted by molar-refractivity contribution is 0.0955. The molecule has 1 aliphatic rings. The topological polar surface area (TPSA) is 70.7 Å². The van der Waals surface area contributed by atoms with E-state index in [9.17, 15) is 4.79 Å². The van der Waals surface area contributed by atoms with Crippen LogP contribution in [0, 0.1) is 0 Å². The van der Waals surface area contributed by atoms with Gasteiger partial charge in [0.1, 0.15) is 0 Å². The van der Waals surface area contributed by atoms with Crippen LogP contribution in [0.25, 0.3) is 0 Å². The number of benzene rings is 2. The summed E-state index contributed by atoms with van der Waals surface area (Å²) in [5, 5.41) is 4.21. The molecule has 0 aliphatic carbocycles. The van der Waals surface area contributed by atoms with Gasteiger partial charge in [-0.1, -0.05) is 12.1 Å². The van der Waals surface area contributed by atoms with Gasteiger partial charge in [0.15, 0.2) is 0 Å². The molecule has 0 saturated carbocycles. The summed E-state index contributed by atoms with van der Waals surface area (Å²) >= 11 is 0. The number of carbonyl (C=O) groups is 1. The van der Waals surface area contributed by atoms with E-state index in [4.69, 9.17) is 5.73 Å². The molecular weight excluding hydrogens is 312 g/mol. The Balaban J connectivity index is 1.63. The first-order chi connectivity index (χ1) is 12.1. The zero-order chi connectivity index (χ0) is 17.6. The first-order valence-electron chi connectivity index (χ1n) is 8.69. The molecule has 25 heavy (non-hydrogen) atoms. The Morgan fingerprint density at radius 3 is 2.20 bits per heavy atom. The van der Waals surface area contributed by atoms with Gasteiger partial charge in [-0.25, -0.2) is 5.43 Å². The molecule has 1 aliphatic heterocycles. The third kappa shape index (κ3) is 4.38. The smallest absolute Gasteiger partial charge is 0.271 e. The number of nitrogen functional groups attached to an aromatic ring is 1. The molecule has 0 atom stereocenters. The molecule has 3 rings (SSSR count). The molecule has 0 unspecified atom stereocenters. The van der Waals surface area contributed by atoms with E-state index in [1.807, 2.05) is 6.92 Å². The van der Waals surface area contributed by atoms with E-state index in [1.54, 1.807) is 24.3 Å². The van der Waals surface area contributed by atoms with Crippen LogP contribution in [-0.2, 0) is 0 Å². The monoisotopic (exact) mass is 336 g/mol. The summed E-state index contributed by atoms with van der Waals surface area (Å²) in [6, 6.07) is 15.1. The third-order valence-corrected chi connectivity index (χ3v) is 4.50. The van der Waals surface area contributed by atoms with Gasteiger partial charge in [-0.05, 0) is 68.1 Å². The van der Waals surface area contributed by atoms with Crippen LogP contribution in [0.15, 0.2) is 53.6 Å². The fourth-order valence-corrected chi connectivity index (χ4v) is 2.96. The van der Waals surface area contributed by atoms with Crippen LogP contribution in [0.5, 0.6) is 0 Å². The summed E-state index contributed by atoms with van der Waals surface area (Å²) in [4.78, 5) is 14.5. The maximum atomic E-state index is 12.1. The van der Waals surface area contributed by atoms with Crippen molar-refractivity contribution in [1.82, 2.24) is 5.43 Å². The number of rotatable bonds is 4. The van der Waals surface area contributed by atoms with Gasteiger partial charge in [-0.2, -0.15) is 5.10 Å². The quantitative estimate of drug-likeness (QED) is 0.510. The zero-order valence-electron chi connectivity index (χ0n) is 14.5. The van der Waals surface area contributed by atoms with Gasteiger partial charge in [0.05, 0.1) is 5.71 Å². The van der Waals surface area contributed by atoms with E-state index in [1.165, 1.54) is 24.9 Å². The van der Waals surface area contributed by atoms with Crippen molar-refractivity contribution in [3.63, 3.8) is 0 Å². The van der Waals surface area contributed by atoms with Crippen molar-refractivity contribution in [2.24, 2.45) is 5.10 Å². The number of hydrogen-bond donors (Lipinski definition) is 2. The Morgan fingerprint density at radius 2 is 1.56 bits per heavy atom. The average molecular weight is 336 g/mol. The predicted molar refractivity (Wildman–Crippen MR) is 103 cm³/mol. The van der Waals surface area contributed by atoms with Crippen molar-refractivity contribution >= 4 is 23.0 Å². The van der Waals surface area contributed by atoms with Crippen LogP contribution >= 0.6 is 0 Å². The normalized spacial score (nSPS) is 15.1. The highest BCUT2D eigenvalue weighted by Crippen LogP contribution is 2.20. The Hall–Kier alpha value is -2.82. The first kappa shape index (κ1) is 17.0. The molecule has 1 amide bonds. The van der Waals surface area contributed by atoms with Crippen molar-refractivity contribution in [1.29, 1.82) is 0 Å². The number of hydrazone groups is 1. The molecule has 5 nitrogen and oxygen atoms in total.